The zero-order chi connectivity index (χ0) is 23.3. The second-order valence-electron chi connectivity index (χ2n) is 6.47. The van der Waals surface area contributed by atoms with Crippen molar-refractivity contribution in [1.82, 2.24) is 9.78 Å². The van der Waals surface area contributed by atoms with Gasteiger partial charge in [0.15, 0.2) is 5.69 Å². The van der Waals surface area contributed by atoms with Crippen LogP contribution in [0.1, 0.15) is 40.3 Å². The van der Waals surface area contributed by atoms with Gasteiger partial charge in [-0.1, -0.05) is 12.1 Å². The van der Waals surface area contributed by atoms with E-state index in [9.17, 15) is 22.8 Å². The van der Waals surface area contributed by atoms with E-state index < -0.39 is 29.3 Å². The second kappa shape index (κ2) is 9.54. The highest BCUT2D eigenvalue weighted by atomic mass is 19.4. The summed E-state index contributed by atoms with van der Waals surface area (Å²) in [6.45, 7) is 3.65. The van der Waals surface area contributed by atoms with Crippen molar-refractivity contribution in [3.8, 4) is 11.4 Å². The van der Waals surface area contributed by atoms with E-state index in [2.05, 4.69) is 10.4 Å². The van der Waals surface area contributed by atoms with E-state index in [0.717, 1.165) is 6.20 Å². The fourth-order valence-electron chi connectivity index (χ4n) is 2.97. The number of alkyl halides is 3. The fourth-order valence-corrected chi connectivity index (χ4v) is 2.97. The van der Waals surface area contributed by atoms with Gasteiger partial charge in [-0.15, -0.1) is 0 Å². The molecule has 0 aliphatic rings. The maximum atomic E-state index is 13.6. The lowest BCUT2D eigenvalue weighted by molar-refractivity contribution is -0.143. The molecule has 7 nitrogen and oxygen atoms in total. The van der Waals surface area contributed by atoms with Crippen molar-refractivity contribution in [2.75, 3.05) is 18.5 Å². The topological polar surface area (TPSA) is 82.5 Å². The molecule has 0 aliphatic carbocycles. The van der Waals surface area contributed by atoms with Crippen molar-refractivity contribution in [2.24, 2.45) is 0 Å². The number of nitrogens with one attached hydrogen (secondary N) is 1. The minimum absolute atomic E-state index is 0.0270. The first-order valence-electron chi connectivity index (χ1n) is 9.72. The molecule has 1 amide bonds. The van der Waals surface area contributed by atoms with Crippen LogP contribution >= 0.6 is 0 Å². The number of hydrogen-bond acceptors (Lipinski definition) is 5. The Hall–Kier alpha value is -3.82. The van der Waals surface area contributed by atoms with E-state index in [1.165, 1.54) is 31.2 Å². The first-order chi connectivity index (χ1) is 15.3. The largest absolute Gasteiger partial charge is 0.492 e. The third-order valence-corrected chi connectivity index (χ3v) is 4.34. The average molecular weight is 447 g/mol. The Balaban J connectivity index is 1.88. The van der Waals surface area contributed by atoms with Crippen LogP contribution < -0.4 is 10.1 Å². The van der Waals surface area contributed by atoms with Gasteiger partial charge in [-0.25, -0.2) is 9.48 Å². The van der Waals surface area contributed by atoms with Crippen LogP contribution in [-0.2, 0) is 10.9 Å². The summed E-state index contributed by atoms with van der Waals surface area (Å²) in [5, 5.41) is 6.42. The van der Waals surface area contributed by atoms with Crippen molar-refractivity contribution in [2.45, 2.75) is 20.0 Å². The lowest BCUT2D eigenvalue weighted by Crippen LogP contribution is -2.18. The number of ether oxygens (including phenoxy) is 2. The minimum Gasteiger partial charge on any atom is -0.492 e. The van der Waals surface area contributed by atoms with Gasteiger partial charge in [0.05, 0.1) is 30.8 Å². The predicted octanol–water partition coefficient (Wildman–Crippen LogP) is 4.72. The average Bonchev–Trinajstić information content (AvgIpc) is 3.22. The molecular formula is C22H20F3N3O4. The summed E-state index contributed by atoms with van der Waals surface area (Å²) in [7, 11) is 0. The molecule has 0 saturated carbocycles. The van der Waals surface area contributed by atoms with Crippen molar-refractivity contribution in [3.63, 3.8) is 0 Å². The van der Waals surface area contributed by atoms with Crippen LogP contribution in [-0.4, -0.2) is 34.9 Å². The van der Waals surface area contributed by atoms with Crippen molar-refractivity contribution in [1.29, 1.82) is 0 Å². The number of rotatable bonds is 7. The quantitative estimate of drug-likeness (QED) is 0.530. The number of halogens is 3. The van der Waals surface area contributed by atoms with Crippen LogP contribution in [0.2, 0.25) is 0 Å². The standard InChI is InChI=1S/C22H20F3N3O4/c1-3-31-18-8-6-5-7-17(18)27-20(29)14-9-11-15(12-10-14)28-19(22(23,24)25)16(13-26-28)21(30)32-4-2/h5-13H,3-4H2,1-2H3,(H,27,29). The molecule has 3 rings (SSSR count). The van der Waals surface area contributed by atoms with Gasteiger partial charge in [-0.2, -0.15) is 18.3 Å². The molecule has 168 valence electrons. The first-order valence-corrected chi connectivity index (χ1v) is 9.72. The van der Waals surface area contributed by atoms with Crippen molar-refractivity contribution in [3.05, 3.63) is 71.5 Å². The third kappa shape index (κ3) is 4.90. The number of amides is 1. The number of para-hydroxylation sites is 2. The third-order valence-electron chi connectivity index (χ3n) is 4.34. The molecule has 10 heteroatoms. The number of esters is 1. The highest BCUT2D eigenvalue weighted by Gasteiger charge is 2.41. The lowest BCUT2D eigenvalue weighted by Gasteiger charge is -2.13. The molecule has 1 aromatic heterocycles. The summed E-state index contributed by atoms with van der Waals surface area (Å²) in [4.78, 5) is 24.5. The van der Waals surface area contributed by atoms with E-state index in [1.54, 1.807) is 24.3 Å². The van der Waals surface area contributed by atoms with E-state index in [0.29, 0.717) is 22.7 Å². The summed E-state index contributed by atoms with van der Waals surface area (Å²) >= 11 is 0. The smallest absolute Gasteiger partial charge is 0.434 e. The molecule has 32 heavy (non-hydrogen) atoms. The number of carbonyl (C=O) groups excluding carboxylic acids is 2. The second-order valence-corrected chi connectivity index (χ2v) is 6.47. The van der Waals surface area contributed by atoms with E-state index >= 15 is 0 Å². The number of anilines is 1. The summed E-state index contributed by atoms with van der Waals surface area (Å²) in [5.41, 5.74) is -1.23. The number of hydrogen-bond donors (Lipinski definition) is 1. The van der Waals surface area contributed by atoms with Gasteiger partial charge in [0.25, 0.3) is 5.91 Å². The summed E-state index contributed by atoms with van der Waals surface area (Å²) in [6.07, 6.45) is -4.04. The van der Waals surface area contributed by atoms with Gasteiger partial charge in [0.2, 0.25) is 0 Å². The normalized spacial score (nSPS) is 11.2. The Morgan fingerprint density at radius 1 is 1.03 bits per heavy atom. The van der Waals surface area contributed by atoms with Gasteiger partial charge < -0.3 is 14.8 Å². The highest BCUT2D eigenvalue weighted by Crippen LogP contribution is 2.34. The zero-order valence-corrected chi connectivity index (χ0v) is 17.3. The summed E-state index contributed by atoms with van der Waals surface area (Å²) in [6, 6.07) is 12.2. The summed E-state index contributed by atoms with van der Waals surface area (Å²) < 4.78 is 51.7. The monoisotopic (exact) mass is 447 g/mol. The van der Waals surface area contributed by atoms with Gasteiger partial charge >= 0.3 is 12.1 Å². The molecule has 0 fully saturated rings. The molecule has 0 bridgehead atoms. The Bertz CT molecular complexity index is 1110. The van der Waals surface area contributed by atoms with E-state index in [-0.39, 0.29) is 17.9 Å². The molecule has 0 saturated heterocycles. The van der Waals surface area contributed by atoms with E-state index in [4.69, 9.17) is 9.47 Å². The van der Waals surface area contributed by atoms with Gasteiger partial charge in [-0.3, -0.25) is 4.79 Å². The molecular weight excluding hydrogens is 427 g/mol. The predicted molar refractivity (Wildman–Crippen MR) is 110 cm³/mol. The first kappa shape index (κ1) is 22.9. The molecule has 0 atom stereocenters. The number of carbonyl (C=O) groups is 2. The molecule has 0 radical (unpaired) electrons. The Morgan fingerprint density at radius 3 is 2.34 bits per heavy atom. The van der Waals surface area contributed by atoms with Gasteiger partial charge in [0, 0.05) is 5.56 Å². The number of nitrogens with zero attached hydrogens (tertiary/aromatic N) is 2. The molecule has 1 heterocycles. The Morgan fingerprint density at radius 2 is 1.72 bits per heavy atom. The Kier molecular flexibility index (Phi) is 6.82. The van der Waals surface area contributed by atoms with Crippen LogP contribution in [0.25, 0.3) is 5.69 Å². The minimum atomic E-state index is -4.85. The van der Waals surface area contributed by atoms with Crippen molar-refractivity contribution < 1.29 is 32.2 Å². The lowest BCUT2D eigenvalue weighted by atomic mass is 10.1. The highest BCUT2D eigenvalue weighted by molar-refractivity contribution is 6.05. The van der Waals surface area contributed by atoms with Crippen LogP contribution in [0.4, 0.5) is 18.9 Å². The van der Waals surface area contributed by atoms with Crippen LogP contribution in [0.15, 0.2) is 54.7 Å². The molecule has 3 aromatic rings. The number of aromatic nitrogens is 2. The molecule has 2 aromatic carbocycles. The van der Waals surface area contributed by atoms with Gasteiger partial charge in [0.1, 0.15) is 11.3 Å². The molecule has 0 unspecified atom stereocenters. The van der Waals surface area contributed by atoms with E-state index in [1.807, 2.05) is 6.92 Å². The zero-order valence-electron chi connectivity index (χ0n) is 17.3. The maximum absolute atomic E-state index is 13.6. The fraction of sp³-hybridized carbons (Fsp3) is 0.227. The Labute approximate surface area is 181 Å². The van der Waals surface area contributed by atoms with Crippen LogP contribution in [0, 0.1) is 0 Å². The molecule has 1 N–H and O–H groups in total. The molecule has 0 spiro atoms. The van der Waals surface area contributed by atoms with Crippen molar-refractivity contribution >= 4 is 17.6 Å². The van der Waals surface area contributed by atoms with Crippen LogP contribution in [0.3, 0.4) is 0 Å². The summed E-state index contributed by atoms with van der Waals surface area (Å²) in [5.74, 6) is -1.08. The van der Waals surface area contributed by atoms with Crippen LogP contribution in [0.5, 0.6) is 5.75 Å². The molecule has 0 aliphatic heterocycles. The SMILES string of the molecule is CCOC(=O)c1cnn(-c2ccc(C(=O)Nc3ccccc3OCC)cc2)c1C(F)(F)F. The van der Waals surface area contributed by atoms with Gasteiger partial charge in [-0.05, 0) is 50.2 Å². The maximum Gasteiger partial charge on any atom is 0.434 e. The number of benzene rings is 2.